The molecule has 2 aromatic rings. The van der Waals surface area contributed by atoms with E-state index in [4.69, 9.17) is 0 Å². The van der Waals surface area contributed by atoms with Gasteiger partial charge >= 0.3 is 0 Å². The van der Waals surface area contributed by atoms with Gasteiger partial charge in [0.25, 0.3) is 5.91 Å². The Hall–Kier alpha value is -3.17. The number of aliphatic hydroxyl groups is 1. The van der Waals surface area contributed by atoms with Crippen molar-refractivity contribution in [2.45, 2.75) is 37.8 Å². The molecular formula is C24H25N3O3. The number of hydrogen-bond acceptors (Lipinski definition) is 4. The van der Waals surface area contributed by atoms with Gasteiger partial charge in [-0.25, -0.2) is 0 Å². The van der Waals surface area contributed by atoms with Crippen LogP contribution < -0.4 is 0 Å². The lowest BCUT2D eigenvalue weighted by molar-refractivity contribution is -0.159. The van der Waals surface area contributed by atoms with Crippen LogP contribution in [0, 0.1) is 11.8 Å². The van der Waals surface area contributed by atoms with Crippen molar-refractivity contribution in [3.8, 4) is 11.8 Å². The average Bonchev–Trinajstić information content (AvgIpc) is 2.76. The van der Waals surface area contributed by atoms with Gasteiger partial charge in [-0.05, 0) is 36.2 Å². The molecule has 0 unspecified atom stereocenters. The van der Waals surface area contributed by atoms with E-state index in [1.165, 1.54) is 6.20 Å². The molecule has 3 atom stereocenters. The number of rotatable bonds is 4. The second-order valence-corrected chi connectivity index (χ2v) is 7.75. The Morgan fingerprint density at radius 3 is 2.73 bits per heavy atom. The van der Waals surface area contributed by atoms with Crippen molar-refractivity contribution < 1.29 is 14.7 Å². The fourth-order valence-corrected chi connectivity index (χ4v) is 4.40. The molecule has 6 nitrogen and oxygen atoms in total. The van der Waals surface area contributed by atoms with Crippen LogP contribution in [0.3, 0.4) is 0 Å². The molecule has 0 bridgehead atoms. The molecule has 0 saturated carbocycles. The number of hydrogen-bond donors (Lipinski definition) is 1. The van der Waals surface area contributed by atoms with Gasteiger partial charge in [-0.1, -0.05) is 30.9 Å². The van der Waals surface area contributed by atoms with Crippen LogP contribution in [-0.4, -0.2) is 63.5 Å². The highest BCUT2D eigenvalue weighted by Crippen LogP contribution is 2.43. The first kappa shape index (κ1) is 20.1. The van der Waals surface area contributed by atoms with Crippen LogP contribution in [-0.2, 0) is 4.79 Å². The van der Waals surface area contributed by atoms with Crippen molar-refractivity contribution in [2.24, 2.45) is 0 Å². The average molecular weight is 403 g/mol. The zero-order valence-corrected chi connectivity index (χ0v) is 17.0. The molecule has 2 fully saturated rings. The molecule has 2 aliphatic heterocycles. The first-order chi connectivity index (χ1) is 14.6. The molecule has 0 radical (unpaired) electrons. The summed E-state index contributed by atoms with van der Waals surface area (Å²) in [6, 6.07) is 11.0. The van der Waals surface area contributed by atoms with Gasteiger partial charge in [-0.3, -0.25) is 14.6 Å². The van der Waals surface area contributed by atoms with E-state index < -0.39 is 0 Å². The molecule has 30 heavy (non-hydrogen) atoms. The van der Waals surface area contributed by atoms with Gasteiger partial charge in [0.15, 0.2) is 0 Å². The quantitative estimate of drug-likeness (QED) is 0.793. The number of aliphatic hydroxyl groups excluding tert-OH is 1. The predicted octanol–water partition coefficient (Wildman–Crippen LogP) is 2.04. The van der Waals surface area contributed by atoms with Crippen molar-refractivity contribution >= 4 is 11.8 Å². The largest absolute Gasteiger partial charge is 0.394 e. The molecule has 2 amide bonds. The molecule has 1 aromatic heterocycles. The van der Waals surface area contributed by atoms with Crippen LogP contribution in [0.5, 0.6) is 0 Å². The summed E-state index contributed by atoms with van der Waals surface area (Å²) in [6.07, 6.45) is 5.04. The maximum absolute atomic E-state index is 12.8. The summed E-state index contributed by atoms with van der Waals surface area (Å²) >= 11 is 0. The van der Waals surface area contributed by atoms with Crippen LogP contribution in [0.1, 0.15) is 47.2 Å². The van der Waals surface area contributed by atoms with Crippen LogP contribution in [0.4, 0.5) is 0 Å². The summed E-state index contributed by atoms with van der Waals surface area (Å²) in [6.45, 7) is 2.47. The second-order valence-electron chi connectivity index (χ2n) is 7.75. The van der Waals surface area contributed by atoms with Gasteiger partial charge in [0.1, 0.15) is 6.54 Å². The Morgan fingerprint density at radius 1 is 1.27 bits per heavy atom. The third-order valence-corrected chi connectivity index (χ3v) is 5.85. The molecule has 2 saturated heterocycles. The SMILES string of the molecule is CCCC#Cc1ccc([C@H]2[C@H]3CN(C(=O)c4cccnc4)CC(=O)N3[C@H]2CO)cc1. The Kier molecular flexibility index (Phi) is 5.82. The second kappa shape index (κ2) is 8.68. The van der Waals surface area contributed by atoms with Crippen LogP contribution in [0.15, 0.2) is 48.8 Å². The highest BCUT2D eigenvalue weighted by molar-refractivity contribution is 5.97. The molecule has 4 rings (SSSR count). The first-order valence-corrected chi connectivity index (χ1v) is 10.3. The number of benzene rings is 1. The van der Waals surface area contributed by atoms with Crippen LogP contribution >= 0.6 is 0 Å². The Bertz CT molecular complexity index is 978. The molecule has 0 spiro atoms. The van der Waals surface area contributed by atoms with Gasteiger partial charge < -0.3 is 14.9 Å². The highest BCUT2D eigenvalue weighted by Gasteiger charge is 2.54. The van der Waals surface area contributed by atoms with E-state index in [2.05, 4.69) is 23.7 Å². The fraction of sp³-hybridized carbons (Fsp3) is 0.375. The normalized spacial score (nSPS) is 22.6. The molecule has 1 aromatic carbocycles. The van der Waals surface area contributed by atoms with Crippen molar-refractivity contribution in [2.75, 3.05) is 19.7 Å². The predicted molar refractivity (Wildman–Crippen MR) is 113 cm³/mol. The zero-order chi connectivity index (χ0) is 21.1. The Balaban J connectivity index is 1.54. The topological polar surface area (TPSA) is 73.7 Å². The van der Waals surface area contributed by atoms with E-state index >= 15 is 0 Å². The molecule has 0 aliphatic carbocycles. The van der Waals surface area contributed by atoms with Crippen molar-refractivity contribution in [3.63, 3.8) is 0 Å². The van der Waals surface area contributed by atoms with Gasteiger partial charge in [0, 0.05) is 36.8 Å². The van der Waals surface area contributed by atoms with E-state index in [0.717, 1.165) is 24.0 Å². The minimum Gasteiger partial charge on any atom is -0.394 e. The summed E-state index contributed by atoms with van der Waals surface area (Å²) in [4.78, 5) is 32.9. The smallest absolute Gasteiger partial charge is 0.255 e. The van der Waals surface area contributed by atoms with Gasteiger partial charge in [-0.2, -0.15) is 0 Å². The van der Waals surface area contributed by atoms with E-state index in [-0.39, 0.29) is 43.0 Å². The zero-order valence-electron chi connectivity index (χ0n) is 17.0. The summed E-state index contributed by atoms with van der Waals surface area (Å²) in [5.74, 6) is 5.97. The third-order valence-electron chi connectivity index (χ3n) is 5.85. The molecule has 2 aliphatic rings. The van der Waals surface area contributed by atoms with Crippen molar-refractivity contribution in [1.29, 1.82) is 0 Å². The van der Waals surface area contributed by atoms with E-state index in [9.17, 15) is 14.7 Å². The van der Waals surface area contributed by atoms with Crippen LogP contribution in [0.2, 0.25) is 0 Å². The number of unbranched alkanes of at least 4 members (excludes halogenated alkanes) is 1. The number of carbonyl (C=O) groups is 2. The van der Waals surface area contributed by atoms with Gasteiger partial charge in [-0.15, -0.1) is 0 Å². The lowest BCUT2D eigenvalue weighted by Crippen LogP contribution is -2.73. The third kappa shape index (κ3) is 3.69. The Morgan fingerprint density at radius 2 is 2.07 bits per heavy atom. The number of carbonyl (C=O) groups excluding carboxylic acids is 2. The molecule has 3 heterocycles. The lowest BCUT2D eigenvalue weighted by Gasteiger charge is -2.58. The fourth-order valence-electron chi connectivity index (χ4n) is 4.40. The standard InChI is InChI=1S/C24H25N3O3/c1-2-3-4-6-17-8-10-18(11-9-17)23-20-14-26(15-22(29)27(20)21(23)16-28)24(30)19-7-5-12-25-13-19/h5,7-13,20-21,23,28H,2-3,14-16H2,1H3/t20-,21+,23+/m1/s1. The number of amides is 2. The monoisotopic (exact) mass is 403 g/mol. The van der Waals surface area contributed by atoms with Gasteiger partial charge in [0.2, 0.25) is 5.91 Å². The summed E-state index contributed by atoms with van der Waals surface area (Å²) in [7, 11) is 0. The number of pyridine rings is 1. The summed E-state index contributed by atoms with van der Waals surface area (Å²) in [5, 5.41) is 9.92. The summed E-state index contributed by atoms with van der Waals surface area (Å²) < 4.78 is 0. The maximum Gasteiger partial charge on any atom is 0.255 e. The molecular weight excluding hydrogens is 378 g/mol. The van der Waals surface area contributed by atoms with E-state index in [1.54, 1.807) is 28.1 Å². The minimum absolute atomic E-state index is 0.0129. The van der Waals surface area contributed by atoms with Gasteiger partial charge in [0.05, 0.1) is 24.3 Å². The highest BCUT2D eigenvalue weighted by atomic mass is 16.3. The number of fused-ring (bicyclic) bond motifs is 1. The first-order valence-electron chi connectivity index (χ1n) is 10.3. The van der Waals surface area contributed by atoms with E-state index in [1.807, 2.05) is 24.3 Å². The Labute approximate surface area is 176 Å². The summed E-state index contributed by atoms with van der Waals surface area (Å²) in [5.41, 5.74) is 2.49. The maximum atomic E-state index is 12.8. The molecule has 154 valence electrons. The van der Waals surface area contributed by atoms with Crippen molar-refractivity contribution in [1.82, 2.24) is 14.8 Å². The van der Waals surface area contributed by atoms with Crippen LogP contribution in [0.25, 0.3) is 0 Å². The number of piperazine rings is 1. The number of nitrogens with zero attached hydrogens (tertiary/aromatic N) is 3. The van der Waals surface area contributed by atoms with Crippen molar-refractivity contribution in [3.05, 3.63) is 65.5 Å². The lowest BCUT2D eigenvalue weighted by atomic mass is 9.73. The number of aromatic nitrogens is 1. The molecule has 6 heteroatoms. The van der Waals surface area contributed by atoms with E-state index in [0.29, 0.717) is 12.1 Å². The molecule has 1 N–H and O–H groups in total. The minimum atomic E-state index is -0.254.